The smallest absolute Gasteiger partial charge is 0.0485 e. The van der Waals surface area contributed by atoms with Crippen molar-refractivity contribution in [2.24, 2.45) is 0 Å². The first-order valence-corrected chi connectivity index (χ1v) is 4.96. The summed E-state index contributed by atoms with van der Waals surface area (Å²) in [5.74, 6) is 0. The van der Waals surface area contributed by atoms with Crippen molar-refractivity contribution in [3.8, 4) is 0 Å². The van der Waals surface area contributed by atoms with Gasteiger partial charge in [0.25, 0.3) is 0 Å². The van der Waals surface area contributed by atoms with E-state index >= 15 is 0 Å². The Labute approximate surface area is 74.7 Å². The maximum absolute atomic E-state index is 3.42. The number of rotatable bonds is 1. The Hall–Kier alpha value is -0.120. The molecule has 2 aliphatic heterocycles. The van der Waals surface area contributed by atoms with E-state index in [0.717, 1.165) is 12.7 Å². The van der Waals surface area contributed by atoms with Gasteiger partial charge in [-0.15, -0.1) is 0 Å². The first-order chi connectivity index (χ1) is 5.77. The molecule has 2 heterocycles. The van der Waals surface area contributed by atoms with E-state index in [1.54, 1.807) is 0 Å². The third-order valence-corrected chi connectivity index (χ3v) is 3.06. The Morgan fingerprint density at radius 2 is 2.17 bits per heavy atom. The van der Waals surface area contributed by atoms with Gasteiger partial charge in [0.1, 0.15) is 0 Å². The van der Waals surface area contributed by atoms with Crippen molar-refractivity contribution in [2.45, 2.75) is 25.9 Å². The lowest BCUT2D eigenvalue weighted by Crippen LogP contribution is -2.52. The van der Waals surface area contributed by atoms with E-state index < -0.39 is 0 Å². The molecule has 2 saturated heterocycles. The Morgan fingerprint density at radius 1 is 1.33 bits per heavy atom. The highest BCUT2D eigenvalue weighted by Gasteiger charge is 2.30. The highest BCUT2D eigenvalue weighted by atomic mass is 15.4. The van der Waals surface area contributed by atoms with Gasteiger partial charge in [-0.3, -0.25) is 9.80 Å². The van der Waals surface area contributed by atoms with Crippen LogP contribution in [0.3, 0.4) is 0 Å². The summed E-state index contributed by atoms with van der Waals surface area (Å²) < 4.78 is 0. The van der Waals surface area contributed by atoms with Gasteiger partial charge in [0.15, 0.2) is 0 Å². The number of hydrogen-bond acceptors (Lipinski definition) is 3. The van der Waals surface area contributed by atoms with Crippen molar-refractivity contribution >= 4 is 0 Å². The van der Waals surface area contributed by atoms with Crippen molar-refractivity contribution in [1.29, 1.82) is 0 Å². The van der Waals surface area contributed by atoms with Crippen molar-refractivity contribution < 1.29 is 0 Å². The van der Waals surface area contributed by atoms with Crippen LogP contribution >= 0.6 is 0 Å². The Balaban J connectivity index is 1.92. The lowest BCUT2D eigenvalue weighted by Gasteiger charge is -2.38. The van der Waals surface area contributed by atoms with Gasteiger partial charge in [0, 0.05) is 44.9 Å². The van der Waals surface area contributed by atoms with Gasteiger partial charge >= 0.3 is 0 Å². The van der Waals surface area contributed by atoms with Crippen LogP contribution in [-0.2, 0) is 0 Å². The summed E-state index contributed by atoms with van der Waals surface area (Å²) >= 11 is 0. The molecule has 1 atom stereocenters. The minimum Gasteiger partial charge on any atom is -0.303 e. The van der Waals surface area contributed by atoms with Gasteiger partial charge in [0.05, 0.1) is 0 Å². The van der Waals surface area contributed by atoms with E-state index in [2.05, 4.69) is 29.0 Å². The SMILES string of the molecule is CC(C)N1CCN2CNCC2C1. The Kier molecular flexibility index (Phi) is 2.35. The van der Waals surface area contributed by atoms with Crippen molar-refractivity contribution in [3.63, 3.8) is 0 Å². The third kappa shape index (κ3) is 1.49. The molecule has 0 saturated carbocycles. The Morgan fingerprint density at radius 3 is 2.92 bits per heavy atom. The molecule has 1 N–H and O–H groups in total. The molecule has 2 fully saturated rings. The zero-order valence-corrected chi connectivity index (χ0v) is 8.08. The average molecular weight is 169 g/mol. The van der Waals surface area contributed by atoms with Crippen molar-refractivity contribution in [2.75, 3.05) is 32.8 Å². The predicted octanol–water partition coefficient (Wildman–Crippen LogP) is -0.0583. The maximum Gasteiger partial charge on any atom is 0.0485 e. The van der Waals surface area contributed by atoms with Crippen LogP contribution in [-0.4, -0.2) is 54.7 Å². The van der Waals surface area contributed by atoms with Crippen LogP contribution in [0.25, 0.3) is 0 Å². The summed E-state index contributed by atoms with van der Waals surface area (Å²) in [5, 5.41) is 3.42. The molecule has 0 amide bonds. The number of nitrogens with zero attached hydrogens (tertiary/aromatic N) is 2. The fraction of sp³-hybridized carbons (Fsp3) is 1.00. The molecule has 0 aromatic carbocycles. The fourth-order valence-corrected chi connectivity index (χ4v) is 2.16. The Bertz CT molecular complexity index is 158. The highest BCUT2D eigenvalue weighted by molar-refractivity contribution is 4.88. The van der Waals surface area contributed by atoms with Crippen LogP contribution < -0.4 is 5.32 Å². The first-order valence-electron chi connectivity index (χ1n) is 4.96. The zero-order valence-electron chi connectivity index (χ0n) is 8.08. The summed E-state index contributed by atoms with van der Waals surface area (Å²) in [5.41, 5.74) is 0. The molecule has 70 valence electrons. The fourth-order valence-electron chi connectivity index (χ4n) is 2.16. The van der Waals surface area contributed by atoms with Gasteiger partial charge < -0.3 is 5.32 Å². The van der Waals surface area contributed by atoms with Crippen LogP contribution in [0.1, 0.15) is 13.8 Å². The van der Waals surface area contributed by atoms with Crippen LogP contribution in [0.4, 0.5) is 0 Å². The topological polar surface area (TPSA) is 18.5 Å². The normalized spacial score (nSPS) is 32.8. The zero-order chi connectivity index (χ0) is 8.55. The number of fused-ring (bicyclic) bond motifs is 1. The summed E-state index contributed by atoms with van der Waals surface area (Å²) in [4.78, 5) is 5.13. The van der Waals surface area contributed by atoms with Crippen LogP contribution in [0.5, 0.6) is 0 Å². The van der Waals surface area contributed by atoms with Gasteiger partial charge in [-0.1, -0.05) is 0 Å². The third-order valence-electron chi connectivity index (χ3n) is 3.06. The predicted molar refractivity (Wildman–Crippen MR) is 50.1 cm³/mol. The molecular weight excluding hydrogens is 150 g/mol. The molecule has 1 unspecified atom stereocenters. The summed E-state index contributed by atoms with van der Waals surface area (Å²) in [6.07, 6.45) is 0. The van der Waals surface area contributed by atoms with Gasteiger partial charge in [-0.25, -0.2) is 0 Å². The van der Waals surface area contributed by atoms with Gasteiger partial charge in [-0.05, 0) is 13.8 Å². The standard InChI is InChI=1S/C9H19N3/c1-8(2)11-3-4-12-7-10-5-9(12)6-11/h8-10H,3-7H2,1-2H3. The largest absolute Gasteiger partial charge is 0.303 e. The molecule has 0 aliphatic carbocycles. The molecule has 3 heteroatoms. The van der Waals surface area contributed by atoms with Gasteiger partial charge in [-0.2, -0.15) is 0 Å². The van der Waals surface area contributed by atoms with Crippen LogP contribution in [0.15, 0.2) is 0 Å². The first kappa shape index (κ1) is 8.48. The molecule has 12 heavy (non-hydrogen) atoms. The summed E-state index contributed by atoms with van der Waals surface area (Å²) in [6.45, 7) is 10.6. The summed E-state index contributed by atoms with van der Waals surface area (Å²) in [7, 11) is 0. The molecule has 0 aromatic heterocycles. The van der Waals surface area contributed by atoms with Crippen LogP contribution in [0.2, 0.25) is 0 Å². The molecule has 2 rings (SSSR count). The lowest BCUT2D eigenvalue weighted by molar-refractivity contribution is 0.0863. The maximum atomic E-state index is 3.42. The number of hydrogen-bond donors (Lipinski definition) is 1. The molecule has 0 radical (unpaired) electrons. The van der Waals surface area contributed by atoms with E-state index in [9.17, 15) is 0 Å². The summed E-state index contributed by atoms with van der Waals surface area (Å²) in [6, 6.07) is 1.49. The number of nitrogens with one attached hydrogen (secondary N) is 1. The minimum atomic E-state index is 0.716. The minimum absolute atomic E-state index is 0.716. The molecule has 0 bridgehead atoms. The molecular formula is C9H19N3. The molecule has 0 spiro atoms. The monoisotopic (exact) mass is 169 g/mol. The van der Waals surface area contributed by atoms with E-state index in [0.29, 0.717) is 6.04 Å². The highest BCUT2D eigenvalue weighted by Crippen LogP contribution is 2.13. The van der Waals surface area contributed by atoms with E-state index in [4.69, 9.17) is 0 Å². The second kappa shape index (κ2) is 3.32. The van der Waals surface area contributed by atoms with Crippen LogP contribution in [0, 0.1) is 0 Å². The average Bonchev–Trinajstić information content (AvgIpc) is 2.49. The van der Waals surface area contributed by atoms with Crippen molar-refractivity contribution in [3.05, 3.63) is 0 Å². The second-order valence-corrected chi connectivity index (χ2v) is 4.17. The number of piperazine rings is 1. The molecule has 2 aliphatic rings. The lowest BCUT2D eigenvalue weighted by atomic mass is 10.1. The second-order valence-electron chi connectivity index (χ2n) is 4.17. The van der Waals surface area contributed by atoms with Gasteiger partial charge in [0.2, 0.25) is 0 Å². The van der Waals surface area contributed by atoms with E-state index in [1.807, 2.05) is 0 Å². The molecule has 3 nitrogen and oxygen atoms in total. The van der Waals surface area contributed by atoms with E-state index in [1.165, 1.54) is 26.2 Å². The van der Waals surface area contributed by atoms with Crippen molar-refractivity contribution in [1.82, 2.24) is 15.1 Å². The van der Waals surface area contributed by atoms with E-state index in [-0.39, 0.29) is 0 Å². The molecule has 0 aromatic rings. The quantitative estimate of drug-likeness (QED) is 0.593.